The summed E-state index contributed by atoms with van der Waals surface area (Å²) in [5.41, 5.74) is 2.63. The molecule has 0 fully saturated rings. The fraction of sp³-hybridized carbons (Fsp3) is 0.467. The number of halogens is 1. The summed E-state index contributed by atoms with van der Waals surface area (Å²) in [7, 11) is 0. The Bertz CT molecular complexity index is 575. The molecule has 2 rings (SSSR count). The van der Waals surface area contributed by atoms with Crippen LogP contribution in [0.2, 0.25) is 5.02 Å². The topological polar surface area (TPSA) is 64.9 Å². The average molecular weight is 292 g/mol. The highest BCUT2D eigenvalue weighted by Gasteiger charge is 2.21. The molecule has 4 nitrogen and oxygen atoms in total. The number of nitrogens with zero attached hydrogens (tertiary/aromatic N) is 1. The van der Waals surface area contributed by atoms with E-state index in [1.54, 1.807) is 6.07 Å². The summed E-state index contributed by atoms with van der Waals surface area (Å²) in [6.07, 6.45) is 1.78. The van der Waals surface area contributed by atoms with Crippen LogP contribution in [0.15, 0.2) is 12.1 Å². The summed E-state index contributed by atoms with van der Waals surface area (Å²) >= 11 is 6.22. The van der Waals surface area contributed by atoms with Gasteiger partial charge in [0.05, 0.1) is 23.2 Å². The van der Waals surface area contributed by atoms with Crippen LogP contribution in [0.5, 0.6) is 0 Å². The number of amides is 1. The number of fused-ring (bicyclic) bond motifs is 1. The Labute approximate surface area is 124 Å². The minimum absolute atomic E-state index is 0.00238. The highest BCUT2D eigenvalue weighted by Crippen LogP contribution is 2.33. The molecule has 1 amide bonds. The molecule has 0 saturated carbocycles. The van der Waals surface area contributed by atoms with Crippen molar-refractivity contribution in [2.45, 2.75) is 33.1 Å². The van der Waals surface area contributed by atoms with Crippen molar-refractivity contribution >= 4 is 28.9 Å². The van der Waals surface area contributed by atoms with Gasteiger partial charge in [-0.3, -0.25) is 4.79 Å². The predicted octanol–water partition coefficient (Wildman–Crippen LogP) is 3.58. The highest BCUT2D eigenvalue weighted by molar-refractivity contribution is 6.33. The van der Waals surface area contributed by atoms with E-state index in [0.717, 1.165) is 29.9 Å². The third-order valence-corrected chi connectivity index (χ3v) is 3.80. The molecular formula is C15H18ClN3O. The van der Waals surface area contributed by atoms with E-state index in [1.165, 1.54) is 0 Å². The second-order valence-corrected chi connectivity index (χ2v) is 6.30. The van der Waals surface area contributed by atoms with Crippen LogP contribution in [0.25, 0.3) is 0 Å². The zero-order valence-corrected chi connectivity index (χ0v) is 12.5. The molecule has 5 heteroatoms. The molecule has 1 heterocycles. The number of benzene rings is 1. The van der Waals surface area contributed by atoms with Gasteiger partial charge in [-0.2, -0.15) is 5.26 Å². The van der Waals surface area contributed by atoms with E-state index in [0.29, 0.717) is 17.9 Å². The molecular weight excluding hydrogens is 274 g/mol. The maximum atomic E-state index is 11.4. The Kier molecular flexibility index (Phi) is 4.20. The predicted molar refractivity (Wildman–Crippen MR) is 80.9 cm³/mol. The summed E-state index contributed by atoms with van der Waals surface area (Å²) in [5, 5.41) is 15.4. The van der Waals surface area contributed by atoms with Crippen molar-refractivity contribution in [1.82, 2.24) is 0 Å². The minimum Gasteiger partial charge on any atom is -0.383 e. The molecule has 0 aromatic heterocycles. The standard InChI is InChI=1S/C15H18ClN3O/c1-15(2,4-3-5-17)9-18-13-6-10-7-14(20)19-12(10)8-11(13)16/h6,8,18H,3-4,7,9H2,1-2H3,(H,19,20). The first kappa shape index (κ1) is 14.7. The molecule has 1 aliphatic rings. The first-order valence-electron chi connectivity index (χ1n) is 6.64. The Morgan fingerprint density at radius 1 is 1.50 bits per heavy atom. The van der Waals surface area contributed by atoms with Crippen molar-refractivity contribution in [2.75, 3.05) is 17.2 Å². The number of hydrogen-bond donors (Lipinski definition) is 2. The maximum Gasteiger partial charge on any atom is 0.228 e. The first-order valence-corrected chi connectivity index (χ1v) is 7.02. The van der Waals surface area contributed by atoms with Crippen molar-refractivity contribution < 1.29 is 4.79 Å². The van der Waals surface area contributed by atoms with Gasteiger partial charge < -0.3 is 10.6 Å². The molecule has 0 spiro atoms. The summed E-state index contributed by atoms with van der Waals surface area (Å²) in [5.74, 6) is 0.00238. The molecule has 2 N–H and O–H groups in total. The van der Waals surface area contributed by atoms with E-state index >= 15 is 0 Å². The Balaban J connectivity index is 2.06. The van der Waals surface area contributed by atoms with Gasteiger partial charge in [0.15, 0.2) is 0 Å². The van der Waals surface area contributed by atoms with Crippen LogP contribution in [0.1, 0.15) is 32.3 Å². The van der Waals surface area contributed by atoms with Crippen molar-refractivity contribution in [3.8, 4) is 6.07 Å². The molecule has 106 valence electrons. The second kappa shape index (κ2) is 5.72. The number of nitrogens with one attached hydrogen (secondary N) is 2. The van der Waals surface area contributed by atoms with Crippen molar-refractivity contribution in [3.63, 3.8) is 0 Å². The quantitative estimate of drug-likeness (QED) is 0.871. The van der Waals surface area contributed by atoms with Crippen LogP contribution in [0.4, 0.5) is 11.4 Å². The zero-order valence-electron chi connectivity index (χ0n) is 11.7. The van der Waals surface area contributed by atoms with E-state index in [-0.39, 0.29) is 11.3 Å². The third-order valence-electron chi connectivity index (χ3n) is 3.49. The van der Waals surface area contributed by atoms with Gasteiger partial charge in [-0.05, 0) is 29.5 Å². The average Bonchev–Trinajstić information content (AvgIpc) is 2.73. The van der Waals surface area contributed by atoms with Crippen LogP contribution in [-0.4, -0.2) is 12.5 Å². The minimum atomic E-state index is 0.00238. The van der Waals surface area contributed by atoms with Crippen molar-refractivity contribution in [1.29, 1.82) is 5.26 Å². The smallest absolute Gasteiger partial charge is 0.228 e. The normalized spacial score (nSPS) is 13.6. The molecule has 20 heavy (non-hydrogen) atoms. The molecule has 1 aromatic carbocycles. The molecule has 1 aromatic rings. The number of rotatable bonds is 5. The van der Waals surface area contributed by atoms with Crippen molar-refractivity contribution in [3.05, 3.63) is 22.7 Å². The van der Waals surface area contributed by atoms with Gasteiger partial charge in [0.2, 0.25) is 5.91 Å². The number of hydrogen-bond acceptors (Lipinski definition) is 3. The summed E-state index contributed by atoms with van der Waals surface area (Å²) < 4.78 is 0. The van der Waals surface area contributed by atoms with E-state index in [4.69, 9.17) is 16.9 Å². The SMILES string of the molecule is CC(C)(CCC#N)CNc1cc2c(cc1Cl)NC(=O)C2. The Morgan fingerprint density at radius 2 is 2.25 bits per heavy atom. The van der Waals surface area contributed by atoms with Gasteiger partial charge in [-0.25, -0.2) is 0 Å². The van der Waals surface area contributed by atoms with Crippen molar-refractivity contribution in [2.24, 2.45) is 5.41 Å². The van der Waals surface area contributed by atoms with E-state index in [9.17, 15) is 4.79 Å². The van der Waals surface area contributed by atoms with Gasteiger partial charge in [0.1, 0.15) is 0 Å². The van der Waals surface area contributed by atoms with Crippen LogP contribution in [0, 0.1) is 16.7 Å². The molecule has 0 atom stereocenters. The van der Waals surface area contributed by atoms with Gasteiger partial charge in [0.25, 0.3) is 0 Å². The van der Waals surface area contributed by atoms with Gasteiger partial charge >= 0.3 is 0 Å². The molecule has 0 radical (unpaired) electrons. The van der Waals surface area contributed by atoms with Gasteiger partial charge in [-0.1, -0.05) is 25.4 Å². The largest absolute Gasteiger partial charge is 0.383 e. The van der Waals surface area contributed by atoms with Crippen LogP contribution < -0.4 is 10.6 Å². The lowest BCUT2D eigenvalue weighted by atomic mass is 9.88. The summed E-state index contributed by atoms with van der Waals surface area (Å²) in [4.78, 5) is 11.4. The lowest BCUT2D eigenvalue weighted by Gasteiger charge is -2.25. The molecule has 0 saturated heterocycles. The number of anilines is 2. The maximum absolute atomic E-state index is 11.4. The van der Waals surface area contributed by atoms with Gasteiger partial charge in [-0.15, -0.1) is 0 Å². The first-order chi connectivity index (χ1) is 9.41. The fourth-order valence-electron chi connectivity index (χ4n) is 2.20. The monoisotopic (exact) mass is 291 g/mol. The summed E-state index contributed by atoms with van der Waals surface area (Å²) in [6.45, 7) is 4.96. The lowest BCUT2D eigenvalue weighted by molar-refractivity contribution is -0.115. The molecule has 0 bridgehead atoms. The second-order valence-electron chi connectivity index (χ2n) is 5.89. The number of carbonyl (C=O) groups excluding carboxylic acids is 1. The fourth-order valence-corrected chi connectivity index (χ4v) is 2.43. The zero-order chi connectivity index (χ0) is 14.8. The number of carbonyl (C=O) groups is 1. The Hall–Kier alpha value is -1.73. The number of nitriles is 1. The van der Waals surface area contributed by atoms with E-state index in [1.807, 2.05) is 6.07 Å². The molecule has 0 unspecified atom stereocenters. The van der Waals surface area contributed by atoms with Crippen LogP contribution in [0.3, 0.4) is 0 Å². The molecule has 1 aliphatic heterocycles. The molecule has 0 aliphatic carbocycles. The van der Waals surface area contributed by atoms with Gasteiger partial charge in [0, 0.05) is 18.7 Å². The van der Waals surface area contributed by atoms with Crippen LogP contribution in [-0.2, 0) is 11.2 Å². The van der Waals surface area contributed by atoms with E-state index < -0.39 is 0 Å². The van der Waals surface area contributed by atoms with Crippen LogP contribution >= 0.6 is 11.6 Å². The van der Waals surface area contributed by atoms with E-state index in [2.05, 4.69) is 30.6 Å². The summed E-state index contributed by atoms with van der Waals surface area (Å²) in [6, 6.07) is 5.88. The Morgan fingerprint density at radius 3 is 2.95 bits per heavy atom. The highest BCUT2D eigenvalue weighted by atomic mass is 35.5. The lowest BCUT2D eigenvalue weighted by Crippen LogP contribution is -2.23. The third kappa shape index (κ3) is 3.43.